The van der Waals surface area contributed by atoms with Crippen molar-refractivity contribution in [2.24, 2.45) is 11.3 Å². The standard InChI is InChI=1S/C10H11F9/c1-3-4-6(8(11,12)13)5-7(2,9(14,15)16)10(17,18)19/h3,6H,1,4-5H2,2H3. The Hall–Kier alpha value is -0.890. The van der Waals surface area contributed by atoms with Gasteiger partial charge in [0.15, 0.2) is 5.41 Å². The first-order valence-electron chi connectivity index (χ1n) is 4.98. The Labute approximate surface area is 103 Å². The molecule has 0 saturated heterocycles. The Kier molecular flexibility index (Phi) is 4.99. The predicted octanol–water partition coefficient (Wildman–Crippen LogP) is 5.26. The highest BCUT2D eigenvalue weighted by atomic mass is 19.4. The van der Waals surface area contributed by atoms with Crippen LogP contribution in [0.5, 0.6) is 0 Å². The smallest absolute Gasteiger partial charge is 0.171 e. The van der Waals surface area contributed by atoms with Crippen molar-refractivity contribution < 1.29 is 39.5 Å². The number of rotatable bonds is 4. The second-order valence-corrected chi connectivity index (χ2v) is 4.29. The van der Waals surface area contributed by atoms with Crippen LogP contribution in [0, 0.1) is 11.3 Å². The lowest BCUT2D eigenvalue weighted by atomic mass is 9.78. The van der Waals surface area contributed by atoms with Gasteiger partial charge in [0.05, 0.1) is 5.92 Å². The number of halogens is 9. The number of hydrogen-bond acceptors (Lipinski definition) is 0. The lowest BCUT2D eigenvalue weighted by molar-refractivity contribution is -0.345. The molecule has 0 aromatic carbocycles. The van der Waals surface area contributed by atoms with Crippen LogP contribution in [-0.4, -0.2) is 18.5 Å². The molecule has 1 unspecified atom stereocenters. The molecule has 19 heavy (non-hydrogen) atoms. The molecule has 0 spiro atoms. The molecule has 0 aliphatic rings. The highest BCUT2D eigenvalue weighted by Crippen LogP contribution is 2.55. The quantitative estimate of drug-likeness (QED) is 0.491. The molecule has 0 bridgehead atoms. The predicted molar refractivity (Wildman–Crippen MR) is 49.2 cm³/mol. The van der Waals surface area contributed by atoms with Gasteiger partial charge in [0.25, 0.3) is 0 Å². The molecular formula is C10H11F9. The molecule has 1 atom stereocenters. The molecular weight excluding hydrogens is 291 g/mol. The molecule has 0 heterocycles. The summed E-state index contributed by atoms with van der Waals surface area (Å²) in [6.07, 6.45) is -19.3. The topological polar surface area (TPSA) is 0 Å². The van der Waals surface area contributed by atoms with Crippen molar-refractivity contribution in [3.63, 3.8) is 0 Å². The Morgan fingerprint density at radius 2 is 1.26 bits per heavy atom. The maximum atomic E-state index is 12.5. The lowest BCUT2D eigenvalue weighted by Crippen LogP contribution is -2.50. The molecule has 0 amide bonds. The first-order chi connectivity index (χ1) is 8.17. The van der Waals surface area contributed by atoms with E-state index in [1.165, 1.54) is 0 Å². The Bertz CT molecular complexity index is 292. The number of alkyl halides is 9. The maximum absolute atomic E-state index is 12.5. The molecule has 0 nitrogen and oxygen atoms in total. The van der Waals surface area contributed by atoms with E-state index in [0.29, 0.717) is 6.08 Å². The normalized spacial score (nSPS) is 16.3. The van der Waals surface area contributed by atoms with Gasteiger partial charge in [-0.3, -0.25) is 0 Å². The van der Waals surface area contributed by atoms with Crippen molar-refractivity contribution in [1.82, 2.24) is 0 Å². The van der Waals surface area contributed by atoms with Crippen molar-refractivity contribution in [3.05, 3.63) is 12.7 Å². The maximum Gasteiger partial charge on any atom is 0.402 e. The van der Waals surface area contributed by atoms with Gasteiger partial charge in [0, 0.05) is 0 Å². The van der Waals surface area contributed by atoms with Gasteiger partial charge in [0.2, 0.25) is 0 Å². The van der Waals surface area contributed by atoms with Crippen LogP contribution in [0.25, 0.3) is 0 Å². The summed E-state index contributed by atoms with van der Waals surface area (Å²) in [6, 6.07) is 0. The third-order valence-corrected chi connectivity index (χ3v) is 2.82. The van der Waals surface area contributed by atoms with Crippen LogP contribution in [0.1, 0.15) is 19.8 Å². The van der Waals surface area contributed by atoms with Crippen LogP contribution in [0.3, 0.4) is 0 Å². The van der Waals surface area contributed by atoms with E-state index in [1.54, 1.807) is 0 Å². The Balaban J connectivity index is 5.50. The molecule has 0 fully saturated rings. The Morgan fingerprint density at radius 1 is 0.895 bits per heavy atom. The second-order valence-electron chi connectivity index (χ2n) is 4.29. The van der Waals surface area contributed by atoms with E-state index in [2.05, 4.69) is 6.58 Å². The largest absolute Gasteiger partial charge is 0.402 e. The monoisotopic (exact) mass is 302 g/mol. The summed E-state index contributed by atoms with van der Waals surface area (Å²) < 4.78 is 112. The summed E-state index contributed by atoms with van der Waals surface area (Å²) in [7, 11) is 0. The van der Waals surface area contributed by atoms with E-state index in [4.69, 9.17) is 0 Å². The van der Waals surface area contributed by atoms with Gasteiger partial charge in [-0.15, -0.1) is 6.58 Å². The summed E-state index contributed by atoms with van der Waals surface area (Å²) >= 11 is 0. The minimum atomic E-state index is -5.82. The lowest BCUT2D eigenvalue weighted by Gasteiger charge is -2.36. The second kappa shape index (κ2) is 5.24. The molecule has 0 radical (unpaired) electrons. The fourth-order valence-electron chi connectivity index (χ4n) is 1.42. The van der Waals surface area contributed by atoms with E-state index in [-0.39, 0.29) is 6.92 Å². The zero-order valence-corrected chi connectivity index (χ0v) is 9.68. The molecule has 0 aliphatic carbocycles. The number of hydrogen-bond donors (Lipinski definition) is 0. The van der Waals surface area contributed by atoms with Gasteiger partial charge >= 0.3 is 18.5 Å². The Morgan fingerprint density at radius 3 is 1.47 bits per heavy atom. The summed E-state index contributed by atoms with van der Waals surface area (Å²) in [5.74, 6) is -2.75. The molecule has 0 rings (SSSR count). The molecule has 0 N–H and O–H groups in total. The summed E-state index contributed by atoms with van der Waals surface area (Å²) in [5, 5.41) is 0. The molecule has 9 heteroatoms. The van der Waals surface area contributed by atoms with Gasteiger partial charge in [0.1, 0.15) is 0 Å². The summed E-state index contributed by atoms with van der Waals surface area (Å²) in [6.45, 7) is 2.64. The van der Waals surface area contributed by atoms with Gasteiger partial charge < -0.3 is 0 Å². The van der Waals surface area contributed by atoms with E-state index in [9.17, 15) is 39.5 Å². The fraction of sp³-hybridized carbons (Fsp3) is 0.800. The summed E-state index contributed by atoms with van der Waals surface area (Å²) in [5.41, 5.74) is -4.41. The van der Waals surface area contributed by atoms with Crippen LogP contribution in [0.2, 0.25) is 0 Å². The zero-order valence-electron chi connectivity index (χ0n) is 9.68. The molecule has 0 aromatic heterocycles. The van der Waals surface area contributed by atoms with Gasteiger partial charge in [-0.25, -0.2) is 0 Å². The molecule has 114 valence electrons. The van der Waals surface area contributed by atoms with Crippen molar-refractivity contribution in [1.29, 1.82) is 0 Å². The highest BCUT2D eigenvalue weighted by Gasteiger charge is 2.68. The summed E-state index contributed by atoms with van der Waals surface area (Å²) in [4.78, 5) is 0. The van der Waals surface area contributed by atoms with Crippen molar-refractivity contribution >= 4 is 0 Å². The number of allylic oxidation sites excluding steroid dienone is 1. The van der Waals surface area contributed by atoms with Crippen LogP contribution < -0.4 is 0 Å². The van der Waals surface area contributed by atoms with Crippen molar-refractivity contribution in [3.8, 4) is 0 Å². The van der Waals surface area contributed by atoms with Gasteiger partial charge in [-0.05, 0) is 19.8 Å². The highest BCUT2D eigenvalue weighted by molar-refractivity contribution is 4.93. The minimum absolute atomic E-state index is 0.269. The van der Waals surface area contributed by atoms with Gasteiger partial charge in [-0.1, -0.05) is 6.08 Å². The van der Waals surface area contributed by atoms with Gasteiger partial charge in [-0.2, -0.15) is 39.5 Å². The third kappa shape index (κ3) is 4.04. The van der Waals surface area contributed by atoms with Crippen LogP contribution >= 0.6 is 0 Å². The molecule has 0 aromatic rings. The average Bonchev–Trinajstić information content (AvgIpc) is 2.11. The molecule has 0 saturated carbocycles. The fourth-order valence-corrected chi connectivity index (χ4v) is 1.42. The molecule has 0 aliphatic heterocycles. The third-order valence-electron chi connectivity index (χ3n) is 2.82. The van der Waals surface area contributed by atoms with Crippen LogP contribution in [-0.2, 0) is 0 Å². The van der Waals surface area contributed by atoms with Crippen LogP contribution in [0.4, 0.5) is 39.5 Å². The SMILES string of the molecule is C=CCC(CC(C)(C(F)(F)F)C(F)(F)F)C(F)(F)F. The zero-order chi connectivity index (χ0) is 15.7. The van der Waals surface area contributed by atoms with Crippen LogP contribution in [0.15, 0.2) is 12.7 Å². The average molecular weight is 302 g/mol. The van der Waals surface area contributed by atoms with Crippen molar-refractivity contribution in [2.45, 2.75) is 38.3 Å². The first-order valence-corrected chi connectivity index (χ1v) is 4.98. The van der Waals surface area contributed by atoms with E-state index < -0.39 is 42.7 Å². The van der Waals surface area contributed by atoms with E-state index in [1.807, 2.05) is 0 Å². The van der Waals surface area contributed by atoms with E-state index >= 15 is 0 Å². The first kappa shape index (κ1) is 18.1. The van der Waals surface area contributed by atoms with E-state index in [0.717, 1.165) is 0 Å². The van der Waals surface area contributed by atoms with Crippen molar-refractivity contribution in [2.75, 3.05) is 0 Å². The minimum Gasteiger partial charge on any atom is -0.171 e.